The van der Waals surface area contributed by atoms with Gasteiger partial charge in [0.25, 0.3) is 0 Å². The van der Waals surface area contributed by atoms with Gasteiger partial charge in [-0.15, -0.1) is 11.3 Å². The highest BCUT2D eigenvalue weighted by Gasteiger charge is 2.21. The van der Waals surface area contributed by atoms with Crippen molar-refractivity contribution < 1.29 is 9.53 Å². The van der Waals surface area contributed by atoms with Crippen molar-refractivity contribution in [2.45, 2.75) is 26.4 Å². The van der Waals surface area contributed by atoms with Gasteiger partial charge in [-0.1, -0.05) is 30.3 Å². The lowest BCUT2D eigenvalue weighted by Crippen LogP contribution is -2.29. The summed E-state index contributed by atoms with van der Waals surface area (Å²) < 4.78 is 4.91. The minimum atomic E-state index is -0.472. The number of carbonyl (C=O) groups is 1. The first-order valence-electron chi connectivity index (χ1n) is 7.75. The number of nitrogens with zero attached hydrogens (tertiary/aromatic N) is 2. The minimum Gasteiger partial charge on any atom is -0.468 e. The van der Waals surface area contributed by atoms with E-state index >= 15 is 0 Å². The van der Waals surface area contributed by atoms with Gasteiger partial charge in [0, 0.05) is 30.7 Å². The third-order valence-corrected chi connectivity index (χ3v) is 4.68. The summed E-state index contributed by atoms with van der Waals surface area (Å²) in [5, 5.41) is 4.28. The molecule has 0 radical (unpaired) electrons. The number of anilines is 1. The second-order valence-corrected chi connectivity index (χ2v) is 6.12. The third kappa shape index (κ3) is 4.53. The van der Waals surface area contributed by atoms with Crippen LogP contribution in [-0.2, 0) is 16.1 Å². The molecule has 1 heterocycles. The van der Waals surface area contributed by atoms with Crippen LogP contribution in [0, 0.1) is 0 Å². The van der Waals surface area contributed by atoms with E-state index < -0.39 is 6.04 Å². The van der Waals surface area contributed by atoms with Crippen molar-refractivity contribution in [2.75, 3.05) is 25.1 Å². The molecule has 0 saturated heterocycles. The molecule has 1 aromatic carbocycles. The normalized spacial score (nSPS) is 12.0. The predicted octanol–water partition coefficient (Wildman–Crippen LogP) is 2.99. The van der Waals surface area contributed by atoms with Crippen LogP contribution in [0.5, 0.6) is 0 Å². The van der Waals surface area contributed by atoms with Crippen LogP contribution in [0.3, 0.4) is 0 Å². The molecule has 0 aliphatic rings. The van der Waals surface area contributed by atoms with Crippen molar-refractivity contribution in [1.29, 1.82) is 0 Å². The van der Waals surface area contributed by atoms with Gasteiger partial charge in [0.15, 0.2) is 5.13 Å². The van der Waals surface area contributed by atoms with Gasteiger partial charge in [-0.25, -0.2) is 9.78 Å². The van der Waals surface area contributed by atoms with Gasteiger partial charge in [0.1, 0.15) is 6.04 Å². The Bertz CT molecular complexity index is 611. The lowest BCUT2D eigenvalue weighted by molar-refractivity contribution is -0.143. The van der Waals surface area contributed by atoms with Crippen molar-refractivity contribution >= 4 is 22.4 Å². The number of thiazole rings is 1. The number of benzene rings is 1. The molecule has 5 nitrogen and oxygen atoms in total. The van der Waals surface area contributed by atoms with Crippen LogP contribution in [0.4, 0.5) is 5.13 Å². The molecule has 2 rings (SSSR count). The molecule has 0 bridgehead atoms. The van der Waals surface area contributed by atoms with Crippen LogP contribution in [0.25, 0.3) is 0 Å². The summed E-state index contributed by atoms with van der Waals surface area (Å²) >= 11 is 1.65. The molecule has 23 heavy (non-hydrogen) atoms. The highest BCUT2D eigenvalue weighted by atomic mass is 32.1. The third-order valence-electron chi connectivity index (χ3n) is 3.63. The molecule has 1 unspecified atom stereocenters. The van der Waals surface area contributed by atoms with Crippen molar-refractivity contribution in [3.8, 4) is 0 Å². The first kappa shape index (κ1) is 17.4. The van der Waals surface area contributed by atoms with E-state index in [0.717, 1.165) is 28.7 Å². The van der Waals surface area contributed by atoms with E-state index in [2.05, 4.69) is 29.0 Å². The van der Waals surface area contributed by atoms with Crippen molar-refractivity contribution in [2.24, 2.45) is 0 Å². The van der Waals surface area contributed by atoms with Gasteiger partial charge in [0.2, 0.25) is 0 Å². The Hall–Kier alpha value is -1.92. The van der Waals surface area contributed by atoms with Crippen molar-refractivity contribution in [3.05, 3.63) is 47.0 Å². The average Bonchev–Trinajstić information content (AvgIpc) is 3.05. The maximum Gasteiger partial charge on any atom is 0.327 e. The smallest absolute Gasteiger partial charge is 0.327 e. The number of rotatable bonds is 8. The SMILES string of the molecule is CCN(CC)c1ncc(CNC(C(=O)OC)c2ccccc2)s1. The summed E-state index contributed by atoms with van der Waals surface area (Å²) in [6.07, 6.45) is 1.87. The lowest BCUT2D eigenvalue weighted by atomic mass is 10.1. The van der Waals surface area contributed by atoms with E-state index in [1.807, 2.05) is 36.5 Å². The van der Waals surface area contributed by atoms with E-state index in [1.54, 1.807) is 11.3 Å². The fourth-order valence-electron chi connectivity index (χ4n) is 2.32. The quantitative estimate of drug-likeness (QED) is 0.753. The second kappa shape index (κ2) is 8.64. The molecule has 1 atom stereocenters. The zero-order chi connectivity index (χ0) is 16.7. The number of methoxy groups -OCH3 is 1. The number of aromatic nitrogens is 1. The second-order valence-electron chi connectivity index (χ2n) is 5.03. The van der Waals surface area contributed by atoms with E-state index in [0.29, 0.717) is 6.54 Å². The van der Waals surface area contributed by atoms with Crippen LogP contribution < -0.4 is 10.2 Å². The number of hydrogen-bond acceptors (Lipinski definition) is 6. The Balaban J connectivity index is 2.06. The number of hydrogen-bond donors (Lipinski definition) is 1. The molecule has 1 N–H and O–H groups in total. The minimum absolute atomic E-state index is 0.287. The van der Waals surface area contributed by atoms with E-state index in [9.17, 15) is 4.79 Å². The molecule has 0 saturated carbocycles. The standard InChI is InChI=1S/C17H23N3O2S/c1-4-20(5-2)17-19-12-14(23-17)11-18-15(16(21)22-3)13-9-7-6-8-10-13/h6-10,12,15,18H,4-5,11H2,1-3H3. The van der Waals surface area contributed by atoms with Gasteiger partial charge >= 0.3 is 5.97 Å². The molecule has 124 valence electrons. The predicted molar refractivity (Wildman–Crippen MR) is 93.7 cm³/mol. The molecular formula is C17H23N3O2S. The number of ether oxygens (including phenoxy) is 1. The highest BCUT2D eigenvalue weighted by molar-refractivity contribution is 7.15. The Morgan fingerprint density at radius 2 is 2.00 bits per heavy atom. The van der Waals surface area contributed by atoms with Gasteiger partial charge in [-0.3, -0.25) is 5.32 Å². The van der Waals surface area contributed by atoms with Gasteiger partial charge in [-0.2, -0.15) is 0 Å². The summed E-state index contributed by atoms with van der Waals surface area (Å²) in [5.74, 6) is -0.287. The summed E-state index contributed by atoms with van der Waals surface area (Å²) in [6, 6.07) is 9.12. The average molecular weight is 333 g/mol. The Morgan fingerprint density at radius 3 is 2.61 bits per heavy atom. The number of esters is 1. The number of carbonyl (C=O) groups excluding carboxylic acids is 1. The Kier molecular flexibility index (Phi) is 6.55. The fraction of sp³-hybridized carbons (Fsp3) is 0.412. The largest absolute Gasteiger partial charge is 0.468 e. The first-order valence-corrected chi connectivity index (χ1v) is 8.57. The Morgan fingerprint density at radius 1 is 1.30 bits per heavy atom. The van der Waals surface area contributed by atoms with E-state index in [4.69, 9.17) is 4.74 Å². The van der Waals surface area contributed by atoms with Crippen LogP contribution >= 0.6 is 11.3 Å². The summed E-state index contributed by atoms with van der Waals surface area (Å²) in [4.78, 5) is 19.8. The summed E-state index contributed by atoms with van der Waals surface area (Å²) in [6.45, 7) is 6.68. The van der Waals surface area contributed by atoms with Gasteiger partial charge in [-0.05, 0) is 19.4 Å². The molecule has 6 heteroatoms. The van der Waals surface area contributed by atoms with Crippen molar-refractivity contribution in [1.82, 2.24) is 10.3 Å². The van der Waals surface area contributed by atoms with Gasteiger partial charge < -0.3 is 9.64 Å². The Labute approximate surface area is 141 Å². The van der Waals surface area contributed by atoms with Crippen molar-refractivity contribution in [3.63, 3.8) is 0 Å². The zero-order valence-electron chi connectivity index (χ0n) is 13.8. The maximum atomic E-state index is 12.0. The molecule has 0 spiro atoms. The molecule has 0 aliphatic carbocycles. The van der Waals surface area contributed by atoms with E-state index in [-0.39, 0.29) is 5.97 Å². The van der Waals surface area contributed by atoms with E-state index in [1.165, 1.54) is 7.11 Å². The molecule has 1 aromatic heterocycles. The lowest BCUT2D eigenvalue weighted by Gasteiger charge is -2.17. The van der Waals surface area contributed by atoms with Crippen LogP contribution in [-0.4, -0.2) is 31.2 Å². The van der Waals surface area contributed by atoms with Crippen LogP contribution in [0.1, 0.15) is 30.3 Å². The molecule has 0 aliphatic heterocycles. The van der Waals surface area contributed by atoms with Gasteiger partial charge in [0.05, 0.1) is 7.11 Å². The first-order chi connectivity index (χ1) is 11.2. The topological polar surface area (TPSA) is 54.5 Å². The molecule has 0 amide bonds. The molecule has 0 fully saturated rings. The maximum absolute atomic E-state index is 12.0. The monoisotopic (exact) mass is 333 g/mol. The fourth-order valence-corrected chi connectivity index (χ4v) is 3.31. The molecular weight excluding hydrogens is 310 g/mol. The zero-order valence-corrected chi connectivity index (χ0v) is 14.6. The highest BCUT2D eigenvalue weighted by Crippen LogP contribution is 2.23. The van der Waals surface area contributed by atoms with Crippen LogP contribution in [0.2, 0.25) is 0 Å². The summed E-state index contributed by atoms with van der Waals surface area (Å²) in [5.41, 5.74) is 0.896. The summed E-state index contributed by atoms with van der Waals surface area (Å²) in [7, 11) is 1.41. The number of nitrogens with one attached hydrogen (secondary N) is 1. The molecule has 2 aromatic rings. The van der Waals surface area contributed by atoms with Crippen LogP contribution in [0.15, 0.2) is 36.5 Å².